The molecule has 0 rings (SSSR count). The van der Waals surface area contributed by atoms with Crippen molar-refractivity contribution < 1.29 is 42.7 Å². The topological polar surface area (TPSA) is 155 Å². The Labute approximate surface area is 376 Å². The molecular formula is C50H100NO9P. The fourth-order valence-corrected chi connectivity index (χ4v) is 8.62. The number of esters is 1. The van der Waals surface area contributed by atoms with Crippen LogP contribution in [0, 0.1) is 0 Å². The van der Waals surface area contributed by atoms with Crippen molar-refractivity contribution in [2.45, 2.75) is 283 Å². The Balaban J connectivity index is 3.95. The van der Waals surface area contributed by atoms with Gasteiger partial charge in [-0.25, -0.2) is 4.57 Å². The van der Waals surface area contributed by atoms with Gasteiger partial charge in [0.15, 0.2) is 0 Å². The first-order valence-electron chi connectivity index (χ1n) is 26.1. The molecule has 0 aromatic heterocycles. The normalized spacial score (nSPS) is 13.6. The first-order valence-corrected chi connectivity index (χ1v) is 27.6. The average molecular weight is 890 g/mol. The first kappa shape index (κ1) is 60.0. The van der Waals surface area contributed by atoms with Crippen molar-refractivity contribution in [3.8, 4) is 0 Å². The number of rotatable bonds is 51. The van der Waals surface area contributed by atoms with Gasteiger partial charge >= 0.3 is 19.8 Å². The van der Waals surface area contributed by atoms with Gasteiger partial charge < -0.3 is 25.2 Å². The molecule has 0 saturated carbocycles. The second-order valence-electron chi connectivity index (χ2n) is 18.0. The van der Waals surface area contributed by atoms with Gasteiger partial charge in [-0.1, -0.05) is 251 Å². The van der Waals surface area contributed by atoms with Crippen molar-refractivity contribution in [1.82, 2.24) is 0 Å². The number of carboxylic acids is 1. The summed E-state index contributed by atoms with van der Waals surface area (Å²) in [5.41, 5.74) is 5.37. The summed E-state index contributed by atoms with van der Waals surface area (Å²) in [6.45, 7) is 3.94. The van der Waals surface area contributed by atoms with E-state index in [1.165, 1.54) is 212 Å². The van der Waals surface area contributed by atoms with E-state index in [0.717, 1.165) is 38.5 Å². The molecule has 0 amide bonds. The summed E-state index contributed by atoms with van der Waals surface area (Å²) in [6.07, 6.45) is 50.3. The third-order valence-electron chi connectivity index (χ3n) is 11.9. The van der Waals surface area contributed by atoms with Gasteiger partial charge in [-0.3, -0.25) is 18.6 Å². The third-order valence-corrected chi connectivity index (χ3v) is 12.8. The largest absolute Gasteiger partial charge is 0.480 e. The number of nitrogens with two attached hydrogens (primary N) is 1. The maximum Gasteiger partial charge on any atom is 0.472 e. The summed E-state index contributed by atoms with van der Waals surface area (Å²) in [4.78, 5) is 33.6. The Hall–Kier alpha value is -1.03. The number of hydrogen-bond donors (Lipinski definition) is 3. The molecule has 0 aliphatic carbocycles. The molecule has 0 spiro atoms. The molecule has 0 aromatic rings. The van der Waals surface area contributed by atoms with Crippen LogP contribution in [-0.4, -0.2) is 60.5 Å². The van der Waals surface area contributed by atoms with Crippen LogP contribution in [-0.2, 0) is 32.7 Å². The molecular weight excluding hydrogens is 790 g/mol. The molecule has 0 aromatic carbocycles. The highest BCUT2D eigenvalue weighted by Crippen LogP contribution is 2.43. The van der Waals surface area contributed by atoms with Crippen LogP contribution in [0.2, 0.25) is 0 Å². The number of aliphatic carboxylic acids is 1. The lowest BCUT2D eigenvalue weighted by molar-refractivity contribution is -0.154. The van der Waals surface area contributed by atoms with Crippen molar-refractivity contribution in [2.75, 3.05) is 26.4 Å². The van der Waals surface area contributed by atoms with Crippen molar-refractivity contribution >= 4 is 19.8 Å². The molecule has 0 radical (unpaired) electrons. The van der Waals surface area contributed by atoms with E-state index in [1.54, 1.807) is 0 Å². The fraction of sp³-hybridized carbons (Fsp3) is 0.960. The zero-order chi connectivity index (χ0) is 44.8. The lowest BCUT2D eigenvalue weighted by Crippen LogP contribution is -2.34. The van der Waals surface area contributed by atoms with Crippen LogP contribution in [0.3, 0.4) is 0 Å². The quantitative estimate of drug-likeness (QED) is 0.0305. The molecule has 3 atom stereocenters. The molecule has 61 heavy (non-hydrogen) atoms. The summed E-state index contributed by atoms with van der Waals surface area (Å²) in [5.74, 6) is -1.76. The predicted molar refractivity (Wildman–Crippen MR) is 254 cm³/mol. The van der Waals surface area contributed by atoms with Crippen LogP contribution in [0.25, 0.3) is 0 Å². The fourth-order valence-electron chi connectivity index (χ4n) is 7.84. The van der Waals surface area contributed by atoms with Crippen molar-refractivity contribution in [1.29, 1.82) is 0 Å². The number of carboxylic acid groups (broad SMARTS) is 1. The average Bonchev–Trinajstić information content (AvgIpc) is 3.24. The Morgan fingerprint density at radius 3 is 1.08 bits per heavy atom. The van der Waals surface area contributed by atoms with Crippen LogP contribution >= 0.6 is 7.82 Å². The lowest BCUT2D eigenvalue weighted by Gasteiger charge is -2.20. The van der Waals surface area contributed by atoms with Crippen molar-refractivity contribution in [3.63, 3.8) is 0 Å². The van der Waals surface area contributed by atoms with Crippen molar-refractivity contribution in [3.05, 3.63) is 0 Å². The highest BCUT2D eigenvalue weighted by molar-refractivity contribution is 7.47. The molecule has 0 fully saturated rings. The standard InChI is InChI=1S/C50H100NO9P/c1-3-5-7-9-11-13-15-17-18-19-20-21-22-23-24-25-26-27-28-29-30-31-32-34-36-38-40-42-49(52)60-47(45-58-61(55,56)59-46-48(51)50(53)54)44-57-43-41-39-37-35-33-16-14-12-10-8-6-4-2/h47-48H,3-46,51H2,1-2H3,(H,53,54)(H,55,56)/t47-,48+/m1/s1. The maximum absolute atomic E-state index is 12.7. The van der Waals surface area contributed by atoms with E-state index in [2.05, 4.69) is 13.8 Å². The smallest absolute Gasteiger partial charge is 0.472 e. The Morgan fingerprint density at radius 1 is 0.459 bits per heavy atom. The van der Waals surface area contributed by atoms with E-state index < -0.39 is 45.1 Å². The molecule has 0 heterocycles. The Bertz CT molecular complexity index is 987. The number of carbonyl (C=O) groups excluding carboxylic acids is 1. The summed E-state index contributed by atoms with van der Waals surface area (Å²) < 4.78 is 33.4. The minimum absolute atomic E-state index is 0.0257. The van der Waals surface area contributed by atoms with E-state index in [9.17, 15) is 19.0 Å². The second kappa shape index (κ2) is 46.9. The third kappa shape index (κ3) is 46.8. The van der Waals surface area contributed by atoms with E-state index in [-0.39, 0.29) is 13.0 Å². The van der Waals surface area contributed by atoms with Gasteiger partial charge in [0.1, 0.15) is 12.1 Å². The number of hydrogen-bond acceptors (Lipinski definition) is 8. The van der Waals surface area contributed by atoms with Gasteiger partial charge in [-0.15, -0.1) is 0 Å². The van der Waals surface area contributed by atoms with Gasteiger partial charge in [0.05, 0.1) is 19.8 Å². The van der Waals surface area contributed by atoms with Gasteiger partial charge in [0.2, 0.25) is 0 Å². The molecule has 0 saturated heterocycles. The molecule has 1 unspecified atom stereocenters. The highest BCUT2D eigenvalue weighted by atomic mass is 31.2. The molecule has 364 valence electrons. The van der Waals surface area contributed by atoms with E-state index in [1.807, 2.05) is 0 Å². The Kier molecular flexibility index (Phi) is 46.2. The van der Waals surface area contributed by atoms with Crippen LogP contribution in [0.4, 0.5) is 0 Å². The van der Waals surface area contributed by atoms with Crippen LogP contribution in [0.15, 0.2) is 0 Å². The van der Waals surface area contributed by atoms with E-state index in [4.69, 9.17) is 29.4 Å². The summed E-state index contributed by atoms with van der Waals surface area (Å²) in [6, 6.07) is -1.47. The van der Waals surface area contributed by atoms with Crippen LogP contribution in [0.5, 0.6) is 0 Å². The van der Waals surface area contributed by atoms with Gasteiger partial charge in [-0.2, -0.15) is 0 Å². The number of phosphoric acid groups is 1. The van der Waals surface area contributed by atoms with Crippen LogP contribution < -0.4 is 5.73 Å². The zero-order valence-corrected chi connectivity index (χ0v) is 40.9. The van der Waals surface area contributed by atoms with E-state index in [0.29, 0.717) is 6.61 Å². The maximum atomic E-state index is 12.7. The number of carbonyl (C=O) groups is 2. The summed E-state index contributed by atoms with van der Waals surface area (Å²) in [7, 11) is -4.61. The summed E-state index contributed by atoms with van der Waals surface area (Å²) >= 11 is 0. The molecule has 0 aliphatic rings. The number of unbranched alkanes of at least 4 members (excludes halogenated alkanes) is 37. The minimum atomic E-state index is -4.61. The van der Waals surface area contributed by atoms with Crippen molar-refractivity contribution in [2.24, 2.45) is 5.73 Å². The zero-order valence-electron chi connectivity index (χ0n) is 40.0. The predicted octanol–water partition coefficient (Wildman–Crippen LogP) is 15.1. The first-order chi connectivity index (χ1) is 29.7. The second-order valence-corrected chi connectivity index (χ2v) is 19.5. The molecule has 10 nitrogen and oxygen atoms in total. The minimum Gasteiger partial charge on any atom is -0.480 e. The van der Waals surface area contributed by atoms with Gasteiger partial charge in [-0.05, 0) is 12.8 Å². The van der Waals surface area contributed by atoms with Gasteiger partial charge in [0, 0.05) is 13.0 Å². The highest BCUT2D eigenvalue weighted by Gasteiger charge is 2.27. The molecule has 0 bridgehead atoms. The number of phosphoric ester groups is 1. The van der Waals surface area contributed by atoms with Crippen LogP contribution in [0.1, 0.15) is 271 Å². The van der Waals surface area contributed by atoms with E-state index >= 15 is 0 Å². The lowest BCUT2D eigenvalue weighted by atomic mass is 10.0. The van der Waals surface area contributed by atoms with Gasteiger partial charge in [0.25, 0.3) is 0 Å². The SMILES string of the molecule is CCCCCCCCCCCCCCCCCCCCCCCCCCCCCC(=O)O[C@H](COCCCCCCCCCCCCCC)COP(=O)(O)OC[C@H](N)C(=O)O. The Morgan fingerprint density at radius 2 is 0.754 bits per heavy atom. The molecule has 11 heteroatoms. The monoisotopic (exact) mass is 890 g/mol. The molecule has 4 N–H and O–H groups in total. The number of ether oxygens (including phenoxy) is 2. The molecule has 0 aliphatic heterocycles. The summed E-state index contributed by atoms with van der Waals surface area (Å²) in [5, 5.41) is 8.91.